The maximum Gasteiger partial charge on any atom is 0.185 e. The third kappa shape index (κ3) is 1.82. The van der Waals surface area contributed by atoms with Crippen LogP contribution in [-0.4, -0.2) is 17.1 Å². The molecule has 0 atom stereocenters. The lowest BCUT2D eigenvalue weighted by Crippen LogP contribution is -2.44. The van der Waals surface area contributed by atoms with Crippen LogP contribution in [0.25, 0.3) is 0 Å². The van der Waals surface area contributed by atoms with Crippen LogP contribution in [0, 0.1) is 11.3 Å². The molecule has 1 aliphatic rings. The SMILES string of the molecule is N#Cc1sc(NC2CC(N)C2)nc1Cl. The van der Waals surface area contributed by atoms with Gasteiger partial charge in [0, 0.05) is 12.1 Å². The predicted molar refractivity (Wildman–Crippen MR) is 56.5 cm³/mol. The topological polar surface area (TPSA) is 74.7 Å². The Labute approximate surface area is 90.7 Å². The number of nitrogens with zero attached hydrogens (tertiary/aromatic N) is 2. The summed E-state index contributed by atoms with van der Waals surface area (Å²) < 4.78 is 0. The van der Waals surface area contributed by atoms with E-state index in [-0.39, 0.29) is 5.15 Å². The first-order valence-electron chi connectivity index (χ1n) is 4.27. The molecule has 0 amide bonds. The van der Waals surface area contributed by atoms with Crippen molar-refractivity contribution in [2.45, 2.75) is 24.9 Å². The summed E-state index contributed by atoms with van der Waals surface area (Å²) in [5, 5.41) is 12.9. The molecule has 1 heterocycles. The number of nitriles is 1. The molecule has 4 nitrogen and oxygen atoms in total. The zero-order valence-corrected chi connectivity index (χ0v) is 8.90. The molecule has 0 aromatic carbocycles. The monoisotopic (exact) mass is 228 g/mol. The Kier molecular flexibility index (Phi) is 2.59. The van der Waals surface area contributed by atoms with Crippen LogP contribution in [0.15, 0.2) is 0 Å². The van der Waals surface area contributed by atoms with E-state index in [4.69, 9.17) is 22.6 Å². The van der Waals surface area contributed by atoms with Crippen LogP contribution in [0.3, 0.4) is 0 Å². The fourth-order valence-corrected chi connectivity index (χ4v) is 2.41. The van der Waals surface area contributed by atoms with Crippen LogP contribution < -0.4 is 11.1 Å². The van der Waals surface area contributed by atoms with Crippen molar-refractivity contribution >= 4 is 28.1 Å². The van der Waals surface area contributed by atoms with Gasteiger partial charge in [-0.3, -0.25) is 0 Å². The van der Waals surface area contributed by atoms with E-state index >= 15 is 0 Å². The number of hydrogen-bond acceptors (Lipinski definition) is 5. The van der Waals surface area contributed by atoms with Gasteiger partial charge in [0.25, 0.3) is 0 Å². The Morgan fingerprint density at radius 3 is 2.86 bits per heavy atom. The lowest BCUT2D eigenvalue weighted by molar-refractivity contribution is 0.373. The normalized spacial score (nSPS) is 25.2. The van der Waals surface area contributed by atoms with Crippen molar-refractivity contribution in [1.29, 1.82) is 5.26 Å². The Balaban J connectivity index is 2.00. The minimum atomic E-state index is 0.281. The summed E-state index contributed by atoms with van der Waals surface area (Å²) in [6.45, 7) is 0. The summed E-state index contributed by atoms with van der Waals surface area (Å²) in [5.74, 6) is 0. The standard InChI is InChI=1S/C8H9ClN4S/c9-7-6(3-10)14-8(13-7)12-5-1-4(11)2-5/h4-5H,1-2,11H2,(H,12,13). The fraction of sp³-hybridized carbons (Fsp3) is 0.500. The van der Waals surface area contributed by atoms with Crippen molar-refractivity contribution in [2.75, 3.05) is 5.32 Å². The van der Waals surface area contributed by atoms with Crippen molar-refractivity contribution in [2.24, 2.45) is 5.73 Å². The predicted octanol–water partition coefficient (Wildman–Crippen LogP) is 1.57. The average molecular weight is 229 g/mol. The van der Waals surface area contributed by atoms with E-state index < -0.39 is 0 Å². The number of anilines is 1. The number of thiazole rings is 1. The highest BCUT2D eigenvalue weighted by molar-refractivity contribution is 7.16. The fourth-order valence-electron chi connectivity index (χ4n) is 1.39. The molecule has 0 aliphatic heterocycles. The van der Waals surface area contributed by atoms with E-state index in [0.29, 0.717) is 22.1 Å². The third-order valence-electron chi connectivity index (χ3n) is 2.19. The minimum Gasteiger partial charge on any atom is -0.359 e. The van der Waals surface area contributed by atoms with Crippen molar-refractivity contribution in [3.8, 4) is 6.07 Å². The van der Waals surface area contributed by atoms with Gasteiger partial charge in [0.05, 0.1) is 0 Å². The number of hydrogen-bond donors (Lipinski definition) is 2. The number of nitrogens with one attached hydrogen (secondary N) is 1. The maximum absolute atomic E-state index is 8.67. The zero-order chi connectivity index (χ0) is 10.1. The smallest absolute Gasteiger partial charge is 0.185 e. The van der Waals surface area contributed by atoms with Gasteiger partial charge >= 0.3 is 0 Å². The van der Waals surface area contributed by atoms with Crippen molar-refractivity contribution in [1.82, 2.24) is 4.98 Å². The van der Waals surface area contributed by atoms with Crippen molar-refractivity contribution < 1.29 is 0 Å². The first-order valence-corrected chi connectivity index (χ1v) is 5.47. The zero-order valence-electron chi connectivity index (χ0n) is 7.33. The highest BCUT2D eigenvalue weighted by Crippen LogP contribution is 2.29. The molecular formula is C8H9ClN4S. The second-order valence-electron chi connectivity index (χ2n) is 3.32. The first kappa shape index (κ1) is 9.71. The van der Waals surface area contributed by atoms with Crippen LogP contribution in [0.5, 0.6) is 0 Å². The van der Waals surface area contributed by atoms with Gasteiger partial charge in [-0.25, -0.2) is 4.98 Å². The highest BCUT2D eigenvalue weighted by Gasteiger charge is 2.26. The third-order valence-corrected chi connectivity index (χ3v) is 3.47. The van der Waals surface area contributed by atoms with Crippen LogP contribution in [0.2, 0.25) is 5.15 Å². The molecule has 1 aromatic heterocycles. The number of halogens is 1. The summed E-state index contributed by atoms with van der Waals surface area (Å²) in [5.41, 5.74) is 5.65. The van der Waals surface area contributed by atoms with E-state index in [1.54, 1.807) is 0 Å². The highest BCUT2D eigenvalue weighted by atomic mass is 35.5. The van der Waals surface area contributed by atoms with Crippen LogP contribution in [-0.2, 0) is 0 Å². The lowest BCUT2D eigenvalue weighted by Gasteiger charge is -2.32. The van der Waals surface area contributed by atoms with E-state index in [1.807, 2.05) is 6.07 Å². The average Bonchev–Trinajstić information content (AvgIpc) is 2.43. The number of aromatic nitrogens is 1. The molecule has 0 spiro atoms. The molecule has 6 heteroatoms. The Morgan fingerprint density at radius 2 is 2.36 bits per heavy atom. The van der Waals surface area contributed by atoms with Gasteiger partial charge in [0.15, 0.2) is 10.3 Å². The molecule has 0 radical (unpaired) electrons. The Morgan fingerprint density at radius 1 is 1.64 bits per heavy atom. The summed E-state index contributed by atoms with van der Waals surface area (Å²) in [6.07, 6.45) is 1.91. The molecule has 0 unspecified atom stereocenters. The van der Waals surface area contributed by atoms with Crippen molar-refractivity contribution in [3.05, 3.63) is 10.0 Å². The largest absolute Gasteiger partial charge is 0.359 e. The maximum atomic E-state index is 8.67. The van der Waals surface area contributed by atoms with E-state index in [0.717, 1.165) is 12.8 Å². The molecule has 1 aliphatic carbocycles. The molecular weight excluding hydrogens is 220 g/mol. The molecule has 0 saturated heterocycles. The number of nitrogens with two attached hydrogens (primary N) is 1. The van der Waals surface area contributed by atoms with Crippen LogP contribution >= 0.6 is 22.9 Å². The van der Waals surface area contributed by atoms with Crippen LogP contribution in [0.4, 0.5) is 5.13 Å². The van der Waals surface area contributed by atoms with Gasteiger partial charge in [0.2, 0.25) is 0 Å². The summed E-state index contributed by atoms with van der Waals surface area (Å²) >= 11 is 7.01. The van der Waals surface area contributed by atoms with Crippen molar-refractivity contribution in [3.63, 3.8) is 0 Å². The summed E-state index contributed by atoms with van der Waals surface area (Å²) in [7, 11) is 0. The Hall–Kier alpha value is -0.830. The van der Waals surface area contributed by atoms with Gasteiger partial charge in [-0.15, -0.1) is 0 Å². The quantitative estimate of drug-likeness (QED) is 0.806. The molecule has 1 aromatic rings. The molecule has 1 saturated carbocycles. The number of rotatable bonds is 2. The second-order valence-corrected chi connectivity index (χ2v) is 4.68. The first-order chi connectivity index (χ1) is 6.69. The van der Waals surface area contributed by atoms with Gasteiger partial charge in [0.1, 0.15) is 10.9 Å². The molecule has 0 bridgehead atoms. The molecule has 1 fully saturated rings. The lowest BCUT2D eigenvalue weighted by atomic mass is 9.88. The molecule has 14 heavy (non-hydrogen) atoms. The van der Waals surface area contributed by atoms with Gasteiger partial charge in [-0.2, -0.15) is 5.26 Å². The Bertz CT molecular complexity index is 377. The summed E-state index contributed by atoms with van der Waals surface area (Å²) in [4.78, 5) is 4.49. The van der Waals surface area contributed by atoms with Gasteiger partial charge in [-0.05, 0) is 12.8 Å². The second kappa shape index (κ2) is 3.73. The molecule has 2 rings (SSSR count). The van der Waals surface area contributed by atoms with E-state index in [9.17, 15) is 0 Å². The van der Waals surface area contributed by atoms with Gasteiger partial charge in [-0.1, -0.05) is 22.9 Å². The van der Waals surface area contributed by atoms with Gasteiger partial charge < -0.3 is 11.1 Å². The molecule has 3 N–H and O–H groups in total. The van der Waals surface area contributed by atoms with Crippen LogP contribution in [0.1, 0.15) is 17.7 Å². The van der Waals surface area contributed by atoms with E-state index in [2.05, 4.69) is 10.3 Å². The van der Waals surface area contributed by atoms with E-state index in [1.165, 1.54) is 11.3 Å². The summed E-state index contributed by atoms with van der Waals surface area (Å²) in [6, 6.07) is 2.68. The molecule has 74 valence electrons. The minimum absolute atomic E-state index is 0.281.